The number of nitrogens with zero attached hydrogens (tertiary/aromatic N) is 5. The number of hydrogen-bond donors (Lipinski definition) is 1. The second-order valence-corrected chi connectivity index (χ2v) is 7.18. The first-order chi connectivity index (χ1) is 14.2. The van der Waals surface area contributed by atoms with Crippen molar-refractivity contribution >= 4 is 17.2 Å². The minimum absolute atomic E-state index is 0.253. The Labute approximate surface area is 171 Å². The third-order valence-electron chi connectivity index (χ3n) is 4.11. The van der Waals surface area contributed by atoms with E-state index in [1.165, 1.54) is 23.2 Å². The van der Waals surface area contributed by atoms with Gasteiger partial charge in [0, 0.05) is 23.7 Å². The SMILES string of the molecule is Cc1ccc(OCc2nc(C(=O)NCc3cccnc3-n3cncn3)cs2)cc1. The van der Waals surface area contributed by atoms with Crippen LogP contribution in [0.3, 0.4) is 0 Å². The molecule has 0 spiro atoms. The second-order valence-electron chi connectivity index (χ2n) is 6.24. The fraction of sp³-hybridized carbons (Fsp3) is 0.150. The van der Waals surface area contributed by atoms with Gasteiger partial charge in [-0.15, -0.1) is 11.3 Å². The van der Waals surface area contributed by atoms with Crippen LogP contribution in [0.15, 0.2) is 60.6 Å². The highest BCUT2D eigenvalue weighted by molar-refractivity contribution is 7.09. The van der Waals surface area contributed by atoms with Gasteiger partial charge in [-0.05, 0) is 25.1 Å². The molecule has 0 unspecified atom stereocenters. The Kier molecular flexibility index (Phi) is 5.57. The predicted molar refractivity (Wildman–Crippen MR) is 108 cm³/mol. The molecule has 1 aromatic carbocycles. The summed E-state index contributed by atoms with van der Waals surface area (Å²) in [6.07, 6.45) is 4.67. The van der Waals surface area contributed by atoms with Gasteiger partial charge in [-0.2, -0.15) is 5.10 Å². The fourth-order valence-corrected chi connectivity index (χ4v) is 3.30. The minimum atomic E-state index is -0.253. The van der Waals surface area contributed by atoms with E-state index in [9.17, 15) is 4.79 Å². The Morgan fingerprint density at radius 3 is 2.90 bits per heavy atom. The van der Waals surface area contributed by atoms with E-state index in [1.54, 1.807) is 22.6 Å². The predicted octanol–water partition coefficient (Wildman–Crippen LogP) is 2.94. The number of nitrogens with one attached hydrogen (secondary N) is 1. The Bertz CT molecular complexity index is 1090. The average Bonchev–Trinajstić information content (AvgIpc) is 3.44. The topological polar surface area (TPSA) is 94.8 Å². The fourth-order valence-electron chi connectivity index (χ4n) is 2.62. The third-order valence-corrected chi connectivity index (χ3v) is 4.93. The van der Waals surface area contributed by atoms with Gasteiger partial charge in [0.25, 0.3) is 5.91 Å². The molecule has 0 saturated carbocycles. The highest BCUT2D eigenvalue weighted by Gasteiger charge is 2.13. The van der Waals surface area contributed by atoms with E-state index in [1.807, 2.05) is 43.3 Å². The summed E-state index contributed by atoms with van der Waals surface area (Å²) in [5, 5.41) is 9.43. The molecule has 0 aliphatic carbocycles. The van der Waals surface area contributed by atoms with Crippen molar-refractivity contribution in [1.29, 1.82) is 0 Å². The van der Waals surface area contributed by atoms with E-state index in [0.717, 1.165) is 16.3 Å². The third kappa shape index (κ3) is 4.64. The van der Waals surface area contributed by atoms with Crippen LogP contribution in [0.2, 0.25) is 0 Å². The number of ether oxygens (including phenoxy) is 1. The molecular weight excluding hydrogens is 388 g/mol. The quantitative estimate of drug-likeness (QED) is 0.507. The largest absolute Gasteiger partial charge is 0.486 e. The first-order valence-corrected chi connectivity index (χ1v) is 9.78. The summed E-state index contributed by atoms with van der Waals surface area (Å²) in [5.41, 5.74) is 2.36. The van der Waals surface area contributed by atoms with Gasteiger partial charge in [0.1, 0.15) is 35.7 Å². The molecular formula is C20H18N6O2S. The van der Waals surface area contributed by atoms with Gasteiger partial charge < -0.3 is 10.1 Å². The molecule has 1 N–H and O–H groups in total. The summed E-state index contributed by atoms with van der Waals surface area (Å²) in [6, 6.07) is 11.5. The van der Waals surface area contributed by atoms with Gasteiger partial charge in [0.15, 0.2) is 5.82 Å². The molecule has 0 bridgehead atoms. The number of hydrogen-bond acceptors (Lipinski definition) is 7. The number of benzene rings is 1. The van der Waals surface area contributed by atoms with Crippen molar-refractivity contribution in [3.8, 4) is 11.6 Å². The number of pyridine rings is 1. The van der Waals surface area contributed by atoms with Crippen molar-refractivity contribution in [1.82, 2.24) is 30.0 Å². The smallest absolute Gasteiger partial charge is 0.271 e. The Hall–Kier alpha value is -3.59. The second kappa shape index (κ2) is 8.61. The lowest BCUT2D eigenvalue weighted by Crippen LogP contribution is -2.24. The number of aryl methyl sites for hydroxylation is 1. The van der Waals surface area contributed by atoms with E-state index < -0.39 is 0 Å². The van der Waals surface area contributed by atoms with E-state index in [0.29, 0.717) is 24.7 Å². The lowest BCUT2D eigenvalue weighted by molar-refractivity contribution is 0.0946. The van der Waals surface area contributed by atoms with E-state index in [2.05, 4.69) is 25.4 Å². The van der Waals surface area contributed by atoms with Gasteiger partial charge in [-0.25, -0.2) is 19.6 Å². The standard InChI is InChI=1S/C20H18N6O2S/c1-14-4-6-16(7-5-14)28-10-18-25-17(11-29-18)20(27)23-9-15-3-2-8-22-19(15)26-13-21-12-24-26/h2-8,11-13H,9-10H2,1H3,(H,23,27). The lowest BCUT2D eigenvalue weighted by atomic mass is 10.2. The van der Waals surface area contributed by atoms with Gasteiger partial charge in [-0.1, -0.05) is 23.8 Å². The van der Waals surface area contributed by atoms with Crippen LogP contribution in [-0.2, 0) is 13.2 Å². The molecule has 0 saturated heterocycles. The molecule has 0 aliphatic heterocycles. The summed E-state index contributed by atoms with van der Waals surface area (Å²) in [7, 11) is 0. The minimum Gasteiger partial charge on any atom is -0.486 e. The van der Waals surface area contributed by atoms with Crippen LogP contribution in [0, 0.1) is 6.92 Å². The number of amides is 1. The van der Waals surface area contributed by atoms with Crippen molar-refractivity contribution in [3.63, 3.8) is 0 Å². The molecule has 146 valence electrons. The van der Waals surface area contributed by atoms with E-state index in [4.69, 9.17) is 4.74 Å². The number of carbonyl (C=O) groups is 1. The van der Waals surface area contributed by atoms with Crippen LogP contribution in [0.5, 0.6) is 5.75 Å². The number of thiazole rings is 1. The van der Waals surface area contributed by atoms with Crippen molar-refractivity contribution in [2.24, 2.45) is 0 Å². The molecule has 0 atom stereocenters. The molecule has 1 amide bonds. The monoisotopic (exact) mass is 406 g/mol. The number of rotatable bonds is 7. The molecule has 8 nitrogen and oxygen atoms in total. The summed E-state index contributed by atoms with van der Waals surface area (Å²) >= 11 is 1.39. The summed E-state index contributed by atoms with van der Waals surface area (Å²) < 4.78 is 7.28. The van der Waals surface area contributed by atoms with Crippen LogP contribution in [0.1, 0.15) is 26.6 Å². The molecule has 0 radical (unpaired) electrons. The molecule has 0 fully saturated rings. The van der Waals surface area contributed by atoms with Crippen LogP contribution in [-0.4, -0.2) is 30.6 Å². The summed E-state index contributed by atoms with van der Waals surface area (Å²) in [5.74, 6) is 1.14. The first-order valence-electron chi connectivity index (χ1n) is 8.90. The number of aromatic nitrogens is 5. The summed E-state index contributed by atoms with van der Waals surface area (Å²) in [4.78, 5) is 25.1. The van der Waals surface area contributed by atoms with Crippen molar-refractivity contribution in [3.05, 3.63) is 82.5 Å². The Morgan fingerprint density at radius 1 is 1.24 bits per heavy atom. The normalized spacial score (nSPS) is 10.7. The van der Waals surface area contributed by atoms with Crippen LogP contribution in [0.4, 0.5) is 0 Å². The molecule has 3 heterocycles. The van der Waals surface area contributed by atoms with Crippen molar-refractivity contribution in [2.75, 3.05) is 0 Å². The van der Waals surface area contributed by atoms with Gasteiger partial charge in [0.05, 0.1) is 0 Å². The van der Waals surface area contributed by atoms with E-state index >= 15 is 0 Å². The molecule has 4 rings (SSSR count). The number of carbonyl (C=O) groups excluding carboxylic acids is 1. The molecule has 0 aliphatic rings. The van der Waals surface area contributed by atoms with Gasteiger partial charge in [-0.3, -0.25) is 4.79 Å². The zero-order valence-electron chi connectivity index (χ0n) is 15.6. The average molecular weight is 406 g/mol. The highest BCUT2D eigenvalue weighted by Crippen LogP contribution is 2.16. The van der Waals surface area contributed by atoms with E-state index in [-0.39, 0.29) is 5.91 Å². The maximum absolute atomic E-state index is 12.5. The lowest BCUT2D eigenvalue weighted by Gasteiger charge is -2.08. The highest BCUT2D eigenvalue weighted by atomic mass is 32.1. The Balaban J connectivity index is 1.36. The van der Waals surface area contributed by atoms with Crippen molar-refractivity contribution in [2.45, 2.75) is 20.1 Å². The summed E-state index contributed by atoms with van der Waals surface area (Å²) in [6.45, 7) is 2.64. The molecule has 9 heteroatoms. The zero-order valence-corrected chi connectivity index (χ0v) is 16.5. The van der Waals surface area contributed by atoms with Gasteiger partial charge >= 0.3 is 0 Å². The Morgan fingerprint density at radius 2 is 2.10 bits per heavy atom. The van der Waals surface area contributed by atoms with Crippen LogP contribution < -0.4 is 10.1 Å². The van der Waals surface area contributed by atoms with Crippen LogP contribution >= 0.6 is 11.3 Å². The van der Waals surface area contributed by atoms with Crippen molar-refractivity contribution < 1.29 is 9.53 Å². The maximum atomic E-state index is 12.5. The maximum Gasteiger partial charge on any atom is 0.271 e. The molecule has 4 aromatic rings. The molecule has 3 aromatic heterocycles. The zero-order chi connectivity index (χ0) is 20.1. The molecule has 29 heavy (non-hydrogen) atoms. The van der Waals surface area contributed by atoms with Gasteiger partial charge in [0.2, 0.25) is 0 Å². The van der Waals surface area contributed by atoms with Crippen LogP contribution in [0.25, 0.3) is 5.82 Å². The first kappa shape index (κ1) is 18.8.